The van der Waals surface area contributed by atoms with E-state index in [2.05, 4.69) is 32.1 Å². The molecule has 2 heterocycles. The highest BCUT2D eigenvalue weighted by molar-refractivity contribution is 9.10. The van der Waals surface area contributed by atoms with Gasteiger partial charge in [-0.05, 0) is 29.7 Å². The molecule has 4 N–H and O–H groups in total. The van der Waals surface area contributed by atoms with Gasteiger partial charge in [-0.1, -0.05) is 40.2 Å². The maximum Gasteiger partial charge on any atom is 0.307 e. The van der Waals surface area contributed by atoms with Crippen LogP contribution in [0.4, 0.5) is 5.69 Å². The molecule has 9 heteroatoms. The van der Waals surface area contributed by atoms with Crippen molar-refractivity contribution in [3.05, 3.63) is 74.2 Å². The fourth-order valence-corrected chi connectivity index (χ4v) is 4.65. The first-order valence-corrected chi connectivity index (χ1v) is 9.73. The minimum atomic E-state index is -0.863. The molecule has 5 atom stereocenters. The lowest BCUT2D eigenvalue weighted by molar-refractivity contribution is -0.384. The van der Waals surface area contributed by atoms with E-state index in [0.717, 1.165) is 10.0 Å². The van der Waals surface area contributed by atoms with Gasteiger partial charge in [0, 0.05) is 28.6 Å². The topological polar surface area (TPSA) is 117 Å². The fraction of sp³-hybridized carbons (Fsp3) is 0.316. The molecule has 4 rings (SSSR count). The van der Waals surface area contributed by atoms with E-state index in [1.165, 1.54) is 12.1 Å². The third kappa shape index (κ3) is 3.53. The number of carboxylic acid groups (broad SMARTS) is 1. The number of fused-ring (bicyclic) bond motifs is 1. The van der Waals surface area contributed by atoms with E-state index in [4.69, 9.17) is 0 Å². The summed E-state index contributed by atoms with van der Waals surface area (Å²) < 4.78 is 0.938. The number of carbonyl (C=O) groups is 1. The van der Waals surface area contributed by atoms with Crippen molar-refractivity contribution in [2.24, 2.45) is 11.8 Å². The molecule has 28 heavy (non-hydrogen) atoms. The van der Waals surface area contributed by atoms with Crippen molar-refractivity contribution >= 4 is 27.6 Å². The number of nitrogens with zero attached hydrogens (tertiary/aromatic N) is 1. The molecule has 0 bridgehead atoms. The van der Waals surface area contributed by atoms with Gasteiger partial charge in [0.15, 0.2) is 0 Å². The lowest BCUT2D eigenvalue weighted by Gasteiger charge is -2.39. The Kier molecular flexibility index (Phi) is 5.15. The van der Waals surface area contributed by atoms with Crippen LogP contribution >= 0.6 is 15.9 Å². The monoisotopic (exact) mass is 446 g/mol. The van der Waals surface area contributed by atoms with Gasteiger partial charge in [-0.25, -0.2) is 10.9 Å². The van der Waals surface area contributed by atoms with Crippen molar-refractivity contribution in [3.63, 3.8) is 0 Å². The van der Waals surface area contributed by atoms with Crippen molar-refractivity contribution in [1.82, 2.24) is 16.2 Å². The van der Waals surface area contributed by atoms with Crippen LogP contribution in [0.1, 0.15) is 29.6 Å². The minimum Gasteiger partial charge on any atom is -0.481 e. The summed E-state index contributed by atoms with van der Waals surface area (Å²) in [5, 5.41) is 24.5. The van der Waals surface area contributed by atoms with Crippen LogP contribution < -0.4 is 16.2 Å². The number of nitrogens with one attached hydrogen (secondary N) is 3. The molecule has 2 fully saturated rings. The van der Waals surface area contributed by atoms with Gasteiger partial charge in [-0.2, -0.15) is 0 Å². The molecule has 0 aromatic heterocycles. The van der Waals surface area contributed by atoms with Crippen molar-refractivity contribution < 1.29 is 14.8 Å². The first-order valence-electron chi connectivity index (χ1n) is 8.94. The zero-order valence-corrected chi connectivity index (χ0v) is 16.3. The Hall–Kier alpha value is -2.33. The van der Waals surface area contributed by atoms with Crippen LogP contribution in [0.3, 0.4) is 0 Å². The molecular weight excluding hydrogens is 428 g/mol. The van der Waals surface area contributed by atoms with Gasteiger partial charge in [0.1, 0.15) is 0 Å². The highest BCUT2D eigenvalue weighted by Crippen LogP contribution is 2.43. The zero-order valence-electron chi connectivity index (χ0n) is 14.7. The van der Waals surface area contributed by atoms with Crippen LogP contribution in [0.2, 0.25) is 0 Å². The van der Waals surface area contributed by atoms with Gasteiger partial charge in [0.25, 0.3) is 5.69 Å². The van der Waals surface area contributed by atoms with Gasteiger partial charge in [0.2, 0.25) is 0 Å². The molecule has 0 aliphatic carbocycles. The average molecular weight is 447 g/mol. The number of nitro benzene ring substituents is 1. The zero-order chi connectivity index (χ0) is 19.8. The van der Waals surface area contributed by atoms with Crippen LogP contribution in [0, 0.1) is 22.0 Å². The minimum absolute atomic E-state index is 0.00888. The number of non-ortho nitro benzene ring substituents is 1. The smallest absolute Gasteiger partial charge is 0.307 e. The molecule has 146 valence electrons. The van der Waals surface area contributed by atoms with Crippen molar-refractivity contribution in [2.45, 2.75) is 24.7 Å². The van der Waals surface area contributed by atoms with Crippen LogP contribution in [-0.4, -0.2) is 22.2 Å². The summed E-state index contributed by atoms with van der Waals surface area (Å²) in [4.78, 5) is 22.8. The molecular formula is C19H19BrN4O4. The Labute approximate surface area is 169 Å². The summed E-state index contributed by atoms with van der Waals surface area (Å²) in [5.74, 6) is -1.76. The third-order valence-corrected chi connectivity index (χ3v) is 6.00. The van der Waals surface area contributed by atoms with E-state index in [-0.39, 0.29) is 29.9 Å². The van der Waals surface area contributed by atoms with Crippen LogP contribution in [0.25, 0.3) is 0 Å². The lowest BCUT2D eigenvalue weighted by Crippen LogP contribution is -2.53. The van der Waals surface area contributed by atoms with E-state index in [1.807, 2.05) is 24.3 Å². The first-order chi connectivity index (χ1) is 13.4. The van der Waals surface area contributed by atoms with Crippen LogP contribution in [-0.2, 0) is 4.79 Å². The predicted molar refractivity (Wildman–Crippen MR) is 105 cm³/mol. The molecule has 2 aliphatic rings. The summed E-state index contributed by atoms with van der Waals surface area (Å²) in [7, 11) is 0. The molecule has 0 spiro atoms. The number of carboxylic acids is 1. The van der Waals surface area contributed by atoms with Crippen LogP contribution in [0.5, 0.6) is 0 Å². The quantitative estimate of drug-likeness (QED) is 0.421. The summed E-state index contributed by atoms with van der Waals surface area (Å²) in [5.41, 5.74) is 7.99. The van der Waals surface area contributed by atoms with E-state index in [1.54, 1.807) is 12.1 Å². The number of halogens is 1. The van der Waals surface area contributed by atoms with Gasteiger partial charge in [0.05, 0.1) is 23.0 Å². The number of aliphatic carboxylic acids is 1. The van der Waals surface area contributed by atoms with E-state index in [9.17, 15) is 20.0 Å². The fourth-order valence-electron chi connectivity index (χ4n) is 4.24. The summed E-state index contributed by atoms with van der Waals surface area (Å²) in [6.07, 6.45) is 0.157. The van der Waals surface area contributed by atoms with E-state index >= 15 is 0 Å². The molecule has 8 nitrogen and oxygen atoms in total. The second-order valence-electron chi connectivity index (χ2n) is 7.13. The highest BCUT2D eigenvalue weighted by Gasteiger charge is 2.49. The van der Waals surface area contributed by atoms with Crippen molar-refractivity contribution in [1.29, 1.82) is 0 Å². The summed E-state index contributed by atoms with van der Waals surface area (Å²) >= 11 is 3.46. The molecule has 0 amide bonds. The molecule has 2 saturated heterocycles. The van der Waals surface area contributed by atoms with E-state index < -0.39 is 16.8 Å². The second-order valence-corrected chi connectivity index (χ2v) is 8.04. The van der Waals surface area contributed by atoms with E-state index in [0.29, 0.717) is 12.0 Å². The van der Waals surface area contributed by atoms with Gasteiger partial charge >= 0.3 is 5.97 Å². The van der Waals surface area contributed by atoms with Gasteiger partial charge in [-0.3, -0.25) is 20.2 Å². The Morgan fingerprint density at radius 2 is 1.89 bits per heavy atom. The molecule has 0 radical (unpaired) electrons. The number of rotatable bonds is 4. The predicted octanol–water partition coefficient (Wildman–Crippen LogP) is 2.88. The number of piperidine rings is 1. The van der Waals surface area contributed by atoms with Crippen molar-refractivity contribution in [2.75, 3.05) is 0 Å². The summed E-state index contributed by atoms with van der Waals surface area (Å²) in [6.45, 7) is 0. The van der Waals surface area contributed by atoms with Gasteiger partial charge < -0.3 is 5.11 Å². The Bertz CT molecular complexity index is 924. The molecule has 2 aliphatic heterocycles. The van der Waals surface area contributed by atoms with Crippen molar-refractivity contribution in [3.8, 4) is 0 Å². The Morgan fingerprint density at radius 3 is 2.61 bits per heavy atom. The standard InChI is InChI=1S/C19H19BrN4O4/c20-12-5-1-3-10(7-12)15-9-14(19(25)26)16-17(22-23-18(16)21-15)11-4-2-6-13(8-11)24(27)28/h1-8,14-18,21-23H,9H2,(H,25,26). The SMILES string of the molecule is O=C(O)C1CC(c2cccc(Br)c2)NC2NNC(c3cccc([N+](=O)[O-])c3)C21. The maximum absolute atomic E-state index is 12.1. The maximum atomic E-state index is 12.1. The number of hydrogen-bond donors (Lipinski definition) is 4. The largest absolute Gasteiger partial charge is 0.481 e. The molecule has 2 aromatic carbocycles. The Morgan fingerprint density at radius 1 is 1.14 bits per heavy atom. The normalized spacial score (nSPS) is 29.2. The van der Waals surface area contributed by atoms with Crippen LogP contribution in [0.15, 0.2) is 53.0 Å². The number of hydrazine groups is 1. The lowest BCUT2D eigenvalue weighted by atomic mass is 9.75. The summed E-state index contributed by atoms with van der Waals surface area (Å²) in [6, 6.07) is 13.7. The average Bonchev–Trinajstić information content (AvgIpc) is 3.11. The number of benzene rings is 2. The van der Waals surface area contributed by atoms with Gasteiger partial charge in [-0.15, -0.1) is 0 Å². The number of nitro groups is 1. The molecule has 0 saturated carbocycles. The Balaban J connectivity index is 1.64. The molecule has 2 aromatic rings. The second kappa shape index (κ2) is 7.59. The number of hydrogen-bond acceptors (Lipinski definition) is 6. The first kappa shape index (κ1) is 19.0. The highest BCUT2D eigenvalue weighted by atomic mass is 79.9. The molecule has 5 unspecified atom stereocenters. The third-order valence-electron chi connectivity index (χ3n) is 5.51.